The molecule has 3 nitrogen and oxygen atoms in total. The van der Waals surface area contributed by atoms with Crippen molar-refractivity contribution in [3.8, 4) is 0 Å². The van der Waals surface area contributed by atoms with Gasteiger partial charge in [0, 0.05) is 0 Å². The summed E-state index contributed by atoms with van der Waals surface area (Å²) in [6.45, 7) is 2.57. The molecule has 1 fully saturated rings. The fourth-order valence-corrected chi connectivity index (χ4v) is 1.27. The standard InChI is InChI=1S/C8H16O3/c1-2-3-4-7-8(5-9)11-6-10-7/h7-9H,2-6H2,1H3. The van der Waals surface area contributed by atoms with E-state index in [2.05, 4.69) is 6.92 Å². The quantitative estimate of drug-likeness (QED) is 0.664. The molecule has 0 aromatic rings. The van der Waals surface area contributed by atoms with Gasteiger partial charge in [0.25, 0.3) is 0 Å². The van der Waals surface area contributed by atoms with Crippen molar-refractivity contribution < 1.29 is 14.6 Å². The van der Waals surface area contributed by atoms with Crippen LogP contribution in [0.3, 0.4) is 0 Å². The second kappa shape index (κ2) is 4.70. The third-order valence-electron chi connectivity index (χ3n) is 2.00. The molecule has 0 aliphatic carbocycles. The zero-order valence-electron chi connectivity index (χ0n) is 6.95. The van der Waals surface area contributed by atoms with Gasteiger partial charge in [-0.05, 0) is 6.42 Å². The lowest BCUT2D eigenvalue weighted by Gasteiger charge is -2.13. The molecule has 1 saturated heterocycles. The molecule has 0 bridgehead atoms. The molecule has 1 rings (SSSR count). The Morgan fingerprint density at radius 1 is 1.36 bits per heavy atom. The van der Waals surface area contributed by atoms with Gasteiger partial charge in [-0.3, -0.25) is 0 Å². The SMILES string of the molecule is CCCCC1OCOC1CO. The molecule has 1 N–H and O–H groups in total. The van der Waals surface area contributed by atoms with Gasteiger partial charge in [-0.2, -0.15) is 0 Å². The lowest BCUT2D eigenvalue weighted by atomic mass is 10.1. The van der Waals surface area contributed by atoms with Gasteiger partial charge in [0.05, 0.1) is 12.7 Å². The Morgan fingerprint density at radius 3 is 2.73 bits per heavy atom. The van der Waals surface area contributed by atoms with Gasteiger partial charge in [0.2, 0.25) is 0 Å². The summed E-state index contributed by atoms with van der Waals surface area (Å²) < 4.78 is 10.4. The molecule has 0 aromatic heterocycles. The van der Waals surface area contributed by atoms with Crippen LogP contribution in [0.4, 0.5) is 0 Å². The van der Waals surface area contributed by atoms with Crippen molar-refractivity contribution in [2.75, 3.05) is 13.4 Å². The largest absolute Gasteiger partial charge is 0.394 e. The van der Waals surface area contributed by atoms with Crippen molar-refractivity contribution in [2.24, 2.45) is 0 Å². The molecule has 0 saturated carbocycles. The van der Waals surface area contributed by atoms with Crippen molar-refractivity contribution in [1.82, 2.24) is 0 Å². The summed E-state index contributed by atoms with van der Waals surface area (Å²) in [4.78, 5) is 0. The maximum Gasteiger partial charge on any atom is 0.147 e. The highest BCUT2D eigenvalue weighted by atomic mass is 16.7. The van der Waals surface area contributed by atoms with Gasteiger partial charge in [-0.1, -0.05) is 19.8 Å². The number of unbranched alkanes of at least 4 members (excludes halogenated alkanes) is 1. The fraction of sp³-hybridized carbons (Fsp3) is 1.00. The zero-order chi connectivity index (χ0) is 8.10. The van der Waals surface area contributed by atoms with Gasteiger partial charge in [0.15, 0.2) is 0 Å². The van der Waals surface area contributed by atoms with Crippen molar-refractivity contribution in [2.45, 2.75) is 38.4 Å². The van der Waals surface area contributed by atoms with Gasteiger partial charge >= 0.3 is 0 Å². The minimum absolute atomic E-state index is 0.0778. The van der Waals surface area contributed by atoms with Crippen LogP contribution in [-0.4, -0.2) is 30.7 Å². The highest BCUT2D eigenvalue weighted by Gasteiger charge is 2.27. The van der Waals surface area contributed by atoms with Crippen LogP contribution in [0.1, 0.15) is 26.2 Å². The molecule has 2 atom stereocenters. The fourth-order valence-electron chi connectivity index (χ4n) is 1.27. The van der Waals surface area contributed by atoms with E-state index in [-0.39, 0.29) is 18.8 Å². The highest BCUT2D eigenvalue weighted by Crippen LogP contribution is 2.17. The number of hydrogen-bond acceptors (Lipinski definition) is 3. The Bertz CT molecular complexity index is 106. The maximum atomic E-state index is 8.83. The normalized spacial score (nSPS) is 31.1. The molecule has 0 amide bonds. The van der Waals surface area contributed by atoms with Crippen LogP contribution < -0.4 is 0 Å². The van der Waals surface area contributed by atoms with Gasteiger partial charge < -0.3 is 14.6 Å². The van der Waals surface area contributed by atoms with Gasteiger partial charge in [-0.25, -0.2) is 0 Å². The van der Waals surface area contributed by atoms with E-state index in [9.17, 15) is 0 Å². The van der Waals surface area contributed by atoms with E-state index >= 15 is 0 Å². The van der Waals surface area contributed by atoms with E-state index in [0.717, 1.165) is 19.3 Å². The Balaban J connectivity index is 2.20. The molecule has 0 spiro atoms. The molecule has 0 aromatic carbocycles. The molecule has 66 valence electrons. The van der Waals surface area contributed by atoms with Crippen LogP contribution >= 0.6 is 0 Å². The van der Waals surface area contributed by atoms with Crippen LogP contribution in [0.5, 0.6) is 0 Å². The van der Waals surface area contributed by atoms with E-state index in [1.54, 1.807) is 0 Å². The first kappa shape index (κ1) is 8.97. The number of rotatable bonds is 4. The number of aliphatic hydroxyl groups is 1. The van der Waals surface area contributed by atoms with E-state index in [1.165, 1.54) is 0 Å². The summed E-state index contributed by atoms with van der Waals surface area (Å²) in [6.07, 6.45) is 3.35. The van der Waals surface area contributed by atoms with Crippen LogP contribution in [0.2, 0.25) is 0 Å². The highest BCUT2D eigenvalue weighted by molar-refractivity contribution is 4.72. The predicted octanol–water partition coefficient (Wildman–Crippen LogP) is 0.910. The topological polar surface area (TPSA) is 38.7 Å². The summed E-state index contributed by atoms with van der Waals surface area (Å²) in [5.74, 6) is 0. The molecule has 11 heavy (non-hydrogen) atoms. The molecular weight excluding hydrogens is 144 g/mol. The van der Waals surface area contributed by atoms with Crippen LogP contribution in [-0.2, 0) is 9.47 Å². The van der Waals surface area contributed by atoms with Crippen molar-refractivity contribution in [3.63, 3.8) is 0 Å². The first-order chi connectivity index (χ1) is 5.38. The summed E-state index contributed by atoms with van der Waals surface area (Å²) in [5, 5.41) is 8.83. The lowest BCUT2D eigenvalue weighted by Crippen LogP contribution is -2.25. The van der Waals surface area contributed by atoms with E-state index < -0.39 is 0 Å². The first-order valence-electron chi connectivity index (χ1n) is 4.22. The monoisotopic (exact) mass is 160 g/mol. The van der Waals surface area contributed by atoms with Crippen molar-refractivity contribution >= 4 is 0 Å². The molecule has 1 aliphatic rings. The second-order valence-electron chi connectivity index (χ2n) is 2.85. The zero-order valence-corrected chi connectivity index (χ0v) is 6.95. The average Bonchev–Trinajstić information content (AvgIpc) is 2.47. The Morgan fingerprint density at radius 2 is 2.09 bits per heavy atom. The predicted molar refractivity (Wildman–Crippen MR) is 41.2 cm³/mol. The molecule has 2 unspecified atom stereocenters. The minimum Gasteiger partial charge on any atom is -0.394 e. The molecule has 3 heteroatoms. The number of hydrogen-bond donors (Lipinski definition) is 1. The molecule has 1 aliphatic heterocycles. The third kappa shape index (κ3) is 2.43. The summed E-state index contributed by atoms with van der Waals surface area (Å²) in [5.41, 5.74) is 0. The lowest BCUT2D eigenvalue weighted by molar-refractivity contribution is 0.0264. The Hall–Kier alpha value is -0.120. The molecular formula is C8H16O3. The summed E-state index contributed by atoms with van der Waals surface area (Å²) >= 11 is 0. The Kier molecular flexibility index (Phi) is 3.83. The third-order valence-corrected chi connectivity index (χ3v) is 2.00. The van der Waals surface area contributed by atoms with Gasteiger partial charge in [-0.15, -0.1) is 0 Å². The summed E-state index contributed by atoms with van der Waals surface area (Å²) in [6, 6.07) is 0. The molecule has 0 radical (unpaired) electrons. The van der Waals surface area contributed by atoms with Crippen molar-refractivity contribution in [3.05, 3.63) is 0 Å². The van der Waals surface area contributed by atoms with Crippen LogP contribution in [0.25, 0.3) is 0 Å². The summed E-state index contributed by atoms with van der Waals surface area (Å²) in [7, 11) is 0. The molecule has 1 heterocycles. The van der Waals surface area contributed by atoms with Gasteiger partial charge in [0.1, 0.15) is 12.9 Å². The Labute approximate surface area is 67.3 Å². The van der Waals surface area contributed by atoms with Crippen LogP contribution in [0, 0.1) is 0 Å². The minimum atomic E-state index is -0.0819. The number of aliphatic hydroxyl groups excluding tert-OH is 1. The maximum absolute atomic E-state index is 8.83. The second-order valence-corrected chi connectivity index (χ2v) is 2.85. The average molecular weight is 160 g/mol. The van der Waals surface area contributed by atoms with E-state index in [0.29, 0.717) is 6.79 Å². The van der Waals surface area contributed by atoms with Crippen molar-refractivity contribution in [1.29, 1.82) is 0 Å². The van der Waals surface area contributed by atoms with Crippen LogP contribution in [0.15, 0.2) is 0 Å². The smallest absolute Gasteiger partial charge is 0.147 e. The number of ether oxygens (including phenoxy) is 2. The van der Waals surface area contributed by atoms with E-state index in [4.69, 9.17) is 14.6 Å². The first-order valence-corrected chi connectivity index (χ1v) is 4.22. The van der Waals surface area contributed by atoms with E-state index in [1.807, 2.05) is 0 Å².